The Labute approximate surface area is 220 Å². The number of aryl methyl sites for hydroxylation is 2. The summed E-state index contributed by atoms with van der Waals surface area (Å²) in [6, 6.07) is 11.8. The predicted molar refractivity (Wildman–Crippen MR) is 145 cm³/mol. The number of hydrazone groups is 1. The number of hydrogen-bond acceptors (Lipinski definition) is 9. The maximum atomic E-state index is 12.0. The zero-order chi connectivity index (χ0) is 25.9. The highest BCUT2D eigenvalue weighted by atomic mass is 32.2. The third kappa shape index (κ3) is 8.53. The molecule has 3 rings (SSSR count). The van der Waals surface area contributed by atoms with Crippen molar-refractivity contribution in [3.8, 4) is 17.2 Å². The lowest BCUT2D eigenvalue weighted by molar-refractivity contribution is -0.118. The SMILES string of the molecule is CCOc1cc(/C=N\NC(=O)CSc2nnc(C)s2)ccc1OCCOc1cc(C)ccc1C(C)C. The first-order valence-electron chi connectivity index (χ1n) is 11.7. The van der Waals surface area contributed by atoms with Crippen LogP contribution in [0.5, 0.6) is 17.2 Å². The summed E-state index contributed by atoms with van der Waals surface area (Å²) < 4.78 is 18.5. The molecule has 0 aliphatic carbocycles. The van der Waals surface area contributed by atoms with E-state index in [0.717, 1.165) is 26.2 Å². The van der Waals surface area contributed by atoms with Gasteiger partial charge in [0.25, 0.3) is 5.91 Å². The molecule has 0 fully saturated rings. The Hall–Kier alpha value is -3.11. The van der Waals surface area contributed by atoms with Crippen LogP contribution in [0.1, 0.15) is 48.4 Å². The summed E-state index contributed by atoms with van der Waals surface area (Å²) in [6.45, 7) is 11.4. The molecule has 192 valence electrons. The first-order valence-corrected chi connectivity index (χ1v) is 13.5. The fraction of sp³-hybridized carbons (Fsp3) is 0.385. The van der Waals surface area contributed by atoms with Crippen molar-refractivity contribution in [1.29, 1.82) is 0 Å². The summed E-state index contributed by atoms with van der Waals surface area (Å²) in [5.74, 6) is 2.49. The molecule has 0 saturated heterocycles. The lowest BCUT2D eigenvalue weighted by Crippen LogP contribution is -2.19. The van der Waals surface area contributed by atoms with Crippen LogP contribution in [0.4, 0.5) is 0 Å². The third-order valence-corrected chi connectivity index (χ3v) is 6.87. The maximum absolute atomic E-state index is 12.0. The Balaban J connectivity index is 1.51. The Bertz CT molecular complexity index is 1180. The molecule has 0 radical (unpaired) electrons. The molecule has 0 saturated carbocycles. The Morgan fingerprint density at radius 1 is 1.06 bits per heavy atom. The van der Waals surface area contributed by atoms with E-state index in [1.54, 1.807) is 6.21 Å². The second-order valence-electron chi connectivity index (χ2n) is 8.20. The van der Waals surface area contributed by atoms with Crippen LogP contribution in [0.25, 0.3) is 0 Å². The van der Waals surface area contributed by atoms with Crippen molar-refractivity contribution in [3.63, 3.8) is 0 Å². The summed E-state index contributed by atoms with van der Waals surface area (Å²) >= 11 is 2.78. The molecule has 36 heavy (non-hydrogen) atoms. The minimum Gasteiger partial charge on any atom is -0.490 e. The molecular formula is C26H32N4O4S2. The highest BCUT2D eigenvalue weighted by Gasteiger charge is 2.10. The zero-order valence-corrected chi connectivity index (χ0v) is 22.9. The minimum absolute atomic E-state index is 0.215. The van der Waals surface area contributed by atoms with E-state index in [1.165, 1.54) is 28.7 Å². The van der Waals surface area contributed by atoms with Crippen LogP contribution in [0.15, 0.2) is 45.8 Å². The van der Waals surface area contributed by atoms with Crippen molar-refractivity contribution < 1.29 is 19.0 Å². The largest absolute Gasteiger partial charge is 0.490 e. The summed E-state index contributed by atoms with van der Waals surface area (Å²) in [5, 5.41) is 12.8. The van der Waals surface area contributed by atoms with E-state index in [1.807, 2.05) is 32.0 Å². The van der Waals surface area contributed by atoms with Crippen molar-refractivity contribution in [2.24, 2.45) is 5.10 Å². The summed E-state index contributed by atoms with van der Waals surface area (Å²) in [5.41, 5.74) is 5.64. The van der Waals surface area contributed by atoms with Crippen LogP contribution in [0, 0.1) is 13.8 Å². The van der Waals surface area contributed by atoms with Gasteiger partial charge in [0, 0.05) is 0 Å². The average molecular weight is 529 g/mol. The molecule has 0 spiro atoms. The monoisotopic (exact) mass is 528 g/mol. The quantitative estimate of drug-likeness (QED) is 0.138. The van der Waals surface area contributed by atoms with E-state index in [9.17, 15) is 4.79 Å². The van der Waals surface area contributed by atoms with E-state index < -0.39 is 0 Å². The molecular weight excluding hydrogens is 496 g/mol. The van der Waals surface area contributed by atoms with E-state index in [0.29, 0.717) is 37.2 Å². The van der Waals surface area contributed by atoms with E-state index in [-0.39, 0.29) is 11.7 Å². The smallest absolute Gasteiger partial charge is 0.250 e. The van der Waals surface area contributed by atoms with Gasteiger partial charge in [-0.05, 0) is 67.6 Å². The maximum Gasteiger partial charge on any atom is 0.250 e. The van der Waals surface area contributed by atoms with Crippen LogP contribution >= 0.6 is 23.1 Å². The molecule has 10 heteroatoms. The number of nitrogens with zero attached hydrogens (tertiary/aromatic N) is 3. The van der Waals surface area contributed by atoms with Gasteiger partial charge in [-0.1, -0.05) is 49.1 Å². The topological polar surface area (TPSA) is 94.9 Å². The number of benzene rings is 2. The normalized spacial score (nSPS) is 11.2. The second kappa shape index (κ2) is 13.8. The van der Waals surface area contributed by atoms with Crippen molar-refractivity contribution in [1.82, 2.24) is 15.6 Å². The van der Waals surface area contributed by atoms with Crippen LogP contribution < -0.4 is 19.6 Å². The summed E-state index contributed by atoms with van der Waals surface area (Å²) in [6.07, 6.45) is 1.57. The van der Waals surface area contributed by atoms with Gasteiger partial charge in [0.1, 0.15) is 24.0 Å². The number of aromatic nitrogens is 2. The number of hydrogen-bond donors (Lipinski definition) is 1. The standard InChI is InChI=1S/C26H32N4O4S2/c1-6-32-24-14-20(15-27-29-25(31)16-35-26-30-28-19(5)36-26)8-10-22(24)33-11-12-34-23-13-18(4)7-9-21(23)17(2)3/h7-10,13-15,17H,6,11-12,16H2,1-5H3,(H,29,31)/b27-15-. The van der Waals surface area contributed by atoms with Gasteiger partial charge in [0.2, 0.25) is 0 Å². The number of rotatable bonds is 13. The average Bonchev–Trinajstić information content (AvgIpc) is 3.26. The number of carbonyl (C=O) groups is 1. The number of carbonyl (C=O) groups excluding carboxylic acids is 1. The molecule has 0 bridgehead atoms. The fourth-order valence-corrected chi connectivity index (χ4v) is 4.82. The van der Waals surface area contributed by atoms with Crippen molar-refractivity contribution in [3.05, 3.63) is 58.1 Å². The van der Waals surface area contributed by atoms with Crippen molar-refractivity contribution >= 4 is 35.2 Å². The van der Waals surface area contributed by atoms with Crippen LogP contribution in [-0.2, 0) is 4.79 Å². The van der Waals surface area contributed by atoms with E-state index in [4.69, 9.17) is 14.2 Å². The van der Waals surface area contributed by atoms with Crippen LogP contribution in [0.2, 0.25) is 0 Å². The minimum atomic E-state index is -0.219. The van der Waals surface area contributed by atoms with Crippen LogP contribution in [0.3, 0.4) is 0 Å². The fourth-order valence-electron chi connectivity index (χ4n) is 3.21. The molecule has 1 heterocycles. The van der Waals surface area contributed by atoms with Gasteiger partial charge in [-0.3, -0.25) is 4.79 Å². The van der Waals surface area contributed by atoms with Gasteiger partial charge < -0.3 is 14.2 Å². The molecule has 0 aliphatic heterocycles. The first kappa shape index (κ1) is 27.5. The van der Waals surface area contributed by atoms with E-state index >= 15 is 0 Å². The highest BCUT2D eigenvalue weighted by molar-refractivity contribution is 8.01. The molecule has 0 aliphatic rings. The lowest BCUT2D eigenvalue weighted by atomic mass is 10.0. The molecule has 8 nitrogen and oxygen atoms in total. The van der Waals surface area contributed by atoms with Gasteiger partial charge in [-0.2, -0.15) is 5.10 Å². The van der Waals surface area contributed by atoms with E-state index in [2.05, 4.69) is 59.7 Å². The third-order valence-electron chi connectivity index (χ3n) is 4.89. The summed E-state index contributed by atoms with van der Waals surface area (Å²) in [7, 11) is 0. The van der Waals surface area contributed by atoms with Crippen molar-refractivity contribution in [2.75, 3.05) is 25.6 Å². The highest BCUT2D eigenvalue weighted by Crippen LogP contribution is 2.29. The van der Waals surface area contributed by atoms with Gasteiger partial charge >= 0.3 is 0 Å². The molecule has 1 aromatic heterocycles. The number of nitrogens with one attached hydrogen (secondary N) is 1. The van der Waals surface area contributed by atoms with Gasteiger partial charge in [0.15, 0.2) is 15.8 Å². The zero-order valence-electron chi connectivity index (χ0n) is 21.2. The first-order chi connectivity index (χ1) is 17.4. The molecule has 0 unspecified atom stereocenters. The second-order valence-corrected chi connectivity index (χ2v) is 10.6. The lowest BCUT2D eigenvalue weighted by Gasteiger charge is -2.16. The molecule has 1 N–H and O–H groups in total. The number of ether oxygens (including phenoxy) is 3. The molecule has 1 amide bonds. The van der Waals surface area contributed by atoms with Gasteiger partial charge in [0.05, 0.1) is 18.6 Å². The number of thioether (sulfide) groups is 1. The van der Waals surface area contributed by atoms with Crippen molar-refractivity contribution in [2.45, 2.75) is 44.9 Å². The van der Waals surface area contributed by atoms with Crippen LogP contribution in [-0.4, -0.2) is 47.9 Å². The Kier molecular flexibility index (Phi) is 10.6. The van der Waals surface area contributed by atoms with Gasteiger partial charge in [-0.15, -0.1) is 10.2 Å². The molecule has 0 atom stereocenters. The Morgan fingerprint density at radius 3 is 2.53 bits per heavy atom. The molecule has 2 aromatic carbocycles. The number of amides is 1. The van der Waals surface area contributed by atoms with Gasteiger partial charge in [-0.25, -0.2) is 5.43 Å². The Morgan fingerprint density at radius 2 is 1.83 bits per heavy atom. The predicted octanol–water partition coefficient (Wildman–Crippen LogP) is 5.38. The summed E-state index contributed by atoms with van der Waals surface area (Å²) in [4.78, 5) is 12.0. The molecule has 3 aromatic rings.